The Morgan fingerprint density at radius 1 is 0.532 bits per heavy atom. The summed E-state index contributed by atoms with van der Waals surface area (Å²) in [6.07, 6.45) is 15.1. The molecule has 2 aliphatic rings. The van der Waals surface area contributed by atoms with E-state index >= 15 is 0 Å². The van der Waals surface area contributed by atoms with Gasteiger partial charge in [-0.25, -0.2) is 0 Å². The van der Waals surface area contributed by atoms with Crippen LogP contribution >= 0.6 is 0 Å². The Bertz CT molecular complexity index is 1570. The van der Waals surface area contributed by atoms with E-state index in [1.165, 1.54) is 11.0 Å². The molecule has 0 aromatic carbocycles. The van der Waals surface area contributed by atoms with Gasteiger partial charge >= 0.3 is 0 Å². The summed E-state index contributed by atoms with van der Waals surface area (Å²) < 4.78 is 34.0. The Balaban J connectivity index is 1.61. The summed E-state index contributed by atoms with van der Waals surface area (Å²) in [6.45, 7) is 4.48. The van der Waals surface area contributed by atoms with Gasteiger partial charge in [-0.2, -0.15) is 0 Å². The highest BCUT2D eigenvalue weighted by Gasteiger charge is 2.29. The molecule has 444 valence electrons. The molecule has 2 aliphatic heterocycles. The summed E-state index contributed by atoms with van der Waals surface area (Å²) in [6, 6.07) is -0.514. The molecule has 7 amide bonds. The highest BCUT2D eigenvalue weighted by atomic mass is 16.7. The molecular formula is C54H96N6O17. The number of hydrogen-bond acceptors (Lipinski definition) is 17. The molecular weight excluding hydrogens is 1000 g/mol. The number of carbonyl (C=O) groups is 7. The molecule has 2 saturated heterocycles. The molecule has 0 saturated carbocycles. The van der Waals surface area contributed by atoms with Gasteiger partial charge in [0.25, 0.3) is 5.91 Å². The minimum absolute atomic E-state index is 0.0918. The Morgan fingerprint density at radius 3 is 1.36 bits per heavy atom. The number of aliphatic hydroxyl groups excluding tert-OH is 4. The van der Waals surface area contributed by atoms with E-state index in [4.69, 9.17) is 28.4 Å². The highest BCUT2D eigenvalue weighted by molar-refractivity contribution is 5.94. The molecule has 2 rings (SSSR count). The van der Waals surface area contributed by atoms with E-state index in [0.717, 1.165) is 57.8 Å². The molecule has 6 unspecified atom stereocenters. The van der Waals surface area contributed by atoms with Gasteiger partial charge in [-0.15, -0.1) is 0 Å². The van der Waals surface area contributed by atoms with Crippen molar-refractivity contribution in [2.75, 3.05) is 85.6 Å². The van der Waals surface area contributed by atoms with Gasteiger partial charge in [0.1, 0.15) is 0 Å². The van der Waals surface area contributed by atoms with Gasteiger partial charge in [-0.3, -0.25) is 38.5 Å². The quantitative estimate of drug-likeness (QED) is 0.0239. The van der Waals surface area contributed by atoms with E-state index in [1.807, 2.05) is 0 Å². The number of aliphatic hydroxyl groups is 4. The average Bonchev–Trinajstić information content (AvgIpc) is 3.40. The topological polar surface area (TPSA) is 319 Å². The number of imide groups is 1. The lowest BCUT2D eigenvalue weighted by Gasteiger charge is -2.32. The minimum atomic E-state index is -0.578. The van der Waals surface area contributed by atoms with Crippen molar-refractivity contribution in [3.8, 4) is 0 Å². The Morgan fingerprint density at radius 2 is 0.935 bits per heavy atom. The van der Waals surface area contributed by atoms with E-state index in [-0.39, 0.29) is 87.9 Å². The largest absolute Gasteiger partial charge is 0.394 e. The molecule has 23 heteroatoms. The van der Waals surface area contributed by atoms with E-state index in [0.29, 0.717) is 136 Å². The fourth-order valence-corrected chi connectivity index (χ4v) is 8.46. The lowest BCUT2D eigenvalue weighted by molar-refractivity contribution is -0.222. The number of amides is 7. The first-order valence-corrected chi connectivity index (χ1v) is 28.4. The second-order valence-corrected chi connectivity index (χ2v) is 19.7. The van der Waals surface area contributed by atoms with Crippen molar-refractivity contribution in [2.24, 2.45) is 0 Å². The van der Waals surface area contributed by atoms with Crippen LogP contribution in [-0.4, -0.2) is 196 Å². The number of unbranched alkanes of at least 4 members (excludes halogenated alkanes) is 10. The maximum Gasteiger partial charge on any atom is 0.252 e. The summed E-state index contributed by atoms with van der Waals surface area (Å²) in [5, 5.41) is 52.7. The van der Waals surface area contributed by atoms with E-state index < -0.39 is 43.0 Å². The maximum absolute atomic E-state index is 13.0. The number of nitrogens with one attached hydrogen (secondary N) is 5. The molecule has 0 aromatic rings. The van der Waals surface area contributed by atoms with Crippen LogP contribution in [0.5, 0.6) is 0 Å². The molecule has 77 heavy (non-hydrogen) atoms. The van der Waals surface area contributed by atoms with Gasteiger partial charge in [0.2, 0.25) is 35.9 Å². The summed E-state index contributed by atoms with van der Waals surface area (Å²) in [5.74, 6) is -1.08. The smallest absolute Gasteiger partial charge is 0.252 e. The fourth-order valence-electron chi connectivity index (χ4n) is 8.46. The second-order valence-electron chi connectivity index (χ2n) is 19.7. The van der Waals surface area contributed by atoms with Crippen molar-refractivity contribution < 1.29 is 82.4 Å². The molecule has 0 bridgehead atoms. The maximum atomic E-state index is 13.0. The summed E-state index contributed by atoms with van der Waals surface area (Å²) in [4.78, 5) is 86.6. The minimum Gasteiger partial charge on any atom is -0.394 e. The van der Waals surface area contributed by atoms with Crippen molar-refractivity contribution in [1.82, 2.24) is 31.5 Å². The van der Waals surface area contributed by atoms with Crippen LogP contribution in [0.1, 0.15) is 161 Å². The van der Waals surface area contributed by atoms with Crippen LogP contribution in [0.2, 0.25) is 0 Å². The third-order valence-corrected chi connectivity index (χ3v) is 12.8. The van der Waals surface area contributed by atoms with Crippen LogP contribution < -0.4 is 26.6 Å². The van der Waals surface area contributed by atoms with Crippen molar-refractivity contribution in [3.05, 3.63) is 12.2 Å². The molecule has 0 spiro atoms. The third-order valence-electron chi connectivity index (χ3n) is 12.8. The molecule has 2 heterocycles. The molecule has 0 aromatic heterocycles. The van der Waals surface area contributed by atoms with E-state index in [2.05, 4.69) is 26.6 Å². The van der Waals surface area contributed by atoms with E-state index in [9.17, 15) is 54.0 Å². The normalized spacial score (nSPS) is 19.8. The molecule has 0 aliphatic carbocycles. The standard InChI is InChI=1S/C54H96N6O17/c1-2-18-52(71)60(41-63)28-13-9-7-5-3-4-6-8-10-21-51(70)59-42(39-72-31-22-49(68)57-26-16-24-55-47(66)19-11-14-29-74-53-35-43(64)33-45(37-61)76-53)40-73-32-23-50(69)58-27-17-25-56-48(67)20-12-15-30-75-54-36-44(65)34-46(38-62)77-54/h2,18,41-46,53-54,61-62,64-65H,3-17,19-40H2,1H3,(H,55,66)(H,56,67)(H,57,68)(H,58,69)(H,59,70)/b18-2-. The first kappa shape index (κ1) is 68.9. The van der Waals surface area contributed by atoms with E-state index in [1.54, 1.807) is 13.0 Å². The fraction of sp³-hybridized carbons (Fsp3) is 0.833. The molecule has 2 fully saturated rings. The van der Waals surface area contributed by atoms with Crippen molar-refractivity contribution in [1.29, 1.82) is 0 Å². The first-order valence-electron chi connectivity index (χ1n) is 28.4. The average molecular weight is 1100 g/mol. The zero-order valence-corrected chi connectivity index (χ0v) is 46.0. The number of nitrogens with zero attached hydrogens (tertiary/aromatic N) is 1. The van der Waals surface area contributed by atoms with Crippen molar-refractivity contribution in [3.63, 3.8) is 0 Å². The second kappa shape index (κ2) is 45.7. The van der Waals surface area contributed by atoms with Gasteiger partial charge in [0.05, 0.1) is 70.1 Å². The van der Waals surface area contributed by atoms with Crippen molar-refractivity contribution in [2.45, 2.75) is 204 Å². The lowest BCUT2D eigenvalue weighted by Crippen LogP contribution is -2.42. The third kappa shape index (κ3) is 37.4. The van der Waals surface area contributed by atoms with Crippen LogP contribution in [0.3, 0.4) is 0 Å². The van der Waals surface area contributed by atoms with Crippen LogP contribution in [0.4, 0.5) is 0 Å². The molecule has 23 nitrogen and oxygen atoms in total. The van der Waals surface area contributed by atoms with Crippen LogP contribution in [0.15, 0.2) is 12.2 Å². The predicted molar refractivity (Wildman–Crippen MR) is 284 cm³/mol. The summed E-state index contributed by atoms with van der Waals surface area (Å²) in [5.41, 5.74) is 0. The number of rotatable bonds is 47. The molecule has 6 atom stereocenters. The first-order chi connectivity index (χ1) is 37.3. The number of carbonyl (C=O) groups excluding carboxylic acids is 7. The van der Waals surface area contributed by atoms with Gasteiger partial charge in [-0.05, 0) is 64.4 Å². The number of allylic oxidation sites excluding steroid dienone is 1. The van der Waals surface area contributed by atoms with Gasteiger partial charge in [0, 0.05) is 104 Å². The van der Waals surface area contributed by atoms with Gasteiger partial charge in [0.15, 0.2) is 12.6 Å². The van der Waals surface area contributed by atoms with Crippen molar-refractivity contribution >= 4 is 41.9 Å². The Hall–Kier alpha value is -4.17. The summed E-state index contributed by atoms with van der Waals surface area (Å²) >= 11 is 0. The van der Waals surface area contributed by atoms with Crippen LogP contribution in [0.25, 0.3) is 0 Å². The highest BCUT2D eigenvalue weighted by Crippen LogP contribution is 2.22. The molecule has 9 N–H and O–H groups in total. The van der Waals surface area contributed by atoms with Gasteiger partial charge in [-0.1, -0.05) is 51.0 Å². The SMILES string of the molecule is C/C=C\C(=O)N(C=O)CCCCCCCCCCCC(=O)NC(COCCC(=O)NCCCNC(=O)CCCCOC1CC(O)CC(CO)O1)COCCC(=O)NCCCNC(=O)CCCCOC1CC(O)CC(CO)O1. The predicted octanol–water partition coefficient (Wildman–Crippen LogP) is 2.08. The summed E-state index contributed by atoms with van der Waals surface area (Å²) in [7, 11) is 0. The zero-order chi connectivity index (χ0) is 56.1. The monoisotopic (exact) mass is 1100 g/mol. The number of ether oxygens (including phenoxy) is 6. The lowest BCUT2D eigenvalue weighted by atomic mass is 10.1. The van der Waals surface area contributed by atoms with Gasteiger partial charge < -0.3 is 75.4 Å². The Kier molecular flexibility index (Phi) is 40.9. The molecule has 0 radical (unpaired) electrons. The number of hydrogen-bond donors (Lipinski definition) is 9. The zero-order valence-electron chi connectivity index (χ0n) is 46.0. The van der Waals surface area contributed by atoms with Crippen LogP contribution in [-0.2, 0) is 62.0 Å². The van der Waals surface area contributed by atoms with Crippen LogP contribution in [0, 0.1) is 0 Å². The Labute approximate surface area is 456 Å².